The third kappa shape index (κ3) is 4.58. The monoisotopic (exact) mass is 449 g/mol. The van der Waals surface area contributed by atoms with E-state index in [1.54, 1.807) is 23.1 Å². The summed E-state index contributed by atoms with van der Waals surface area (Å²) in [5, 5.41) is 16.2. The van der Waals surface area contributed by atoms with Crippen molar-refractivity contribution >= 4 is 12.0 Å². The van der Waals surface area contributed by atoms with Gasteiger partial charge < -0.3 is 19.7 Å². The Bertz CT molecular complexity index is 1110. The van der Waals surface area contributed by atoms with Crippen LogP contribution in [0.15, 0.2) is 53.3 Å². The van der Waals surface area contributed by atoms with Crippen LogP contribution in [0, 0.1) is 0 Å². The molecule has 0 bridgehead atoms. The van der Waals surface area contributed by atoms with Gasteiger partial charge in [0.1, 0.15) is 0 Å². The molecule has 12 heteroatoms. The highest BCUT2D eigenvalue weighted by Gasteiger charge is 2.37. The zero-order valence-electron chi connectivity index (χ0n) is 16.5. The minimum atomic E-state index is -4.51. The molecule has 4 rings (SSSR count). The van der Waals surface area contributed by atoms with Crippen LogP contribution in [0.4, 0.5) is 18.0 Å². The predicted octanol–water partition coefficient (Wildman–Crippen LogP) is 3.11. The molecule has 2 aromatic heterocycles. The fraction of sp³-hybridized carbons (Fsp3) is 0.300. The lowest BCUT2D eigenvalue weighted by atomic mass is 10.1. The molecule has 2 amide bonds. The number of halogens is 3. The van der Waals surface area contributed by atoms with Crippen molar-refractivity contribution in [2.24, 2.45) is 0 Å². The van der Waals surface area contributed by atoms with Crippen molar-refractivity contribution < 1.29 is 32.3 Å². The van der Waals surface area contributed by atoms with E-state index in [4.69, 9.17) is 4.42 Å². The highest BCUT2D eigenvalue weighted by atomic mass is 19.4. The first-order chi connectivity index (χ1) is 15.2. The van der Waals surface area contributed by atoms with Crippen molar-refractivity contribution in [2.75, 3.05) is 6.54 Å². The molecule has 0 unspecified atom stereocenters. The van der Waals surface area contributed by atoms with Gasteiger partial charge in [-0.15, -0.1) is 0 Å². The second kappa shape index (κ2) is 8.36. The van der Waals surface area contributed by atoms with E-state index in [0.29, 0.717) is 13.0 Å². The van der Waals surface area contributed by atoms with Gasteiger partial charge in [-0.2, -0.15) is 18.3 Å². The van der Waals surface area contributed by atoms with Crippen LogP contribution in [0.3, 0.4) is 0 Å². The topological polar surface area (TPSA) is 113 Å². The molecule has 1 aliphatic rings. The first-order valence-corrected chi connectivity index (χ1v) is 9.62. The van der Waals surface area contributed by atoms with Crippen molar-refractivity contribution in [1.82, 2.24) is 25.0 Å². The SMILES string of the molecule is O=C(N[C@@H]1C[C@@H](Cn2cccn2)N(C(=O)O)C1)c1ncc(-c2cccc(C(F)(F)F)c2)o1. The number of carbonyl (C=O) groups excluding carboxylic acids is 1. The third-order valence-corrected chi connectivity index (χ3v) is 5.13. The van der Waals surface area contributed by atoms with E-state index >= 15 is 0 Å². The number of alkyl halides is 3. The number of nitrogens with one attached hydrogen (secondary N) is 1. The van der Waals surface area contributed by atoms with E-state index in [1.165, 1.54) is 23.2 Å². The number of benzene rings is 1. The molecule has 3 heterocycles. The van der Waals surface area contributed by atoms with Crippen molar-refractivity contribution in [2.45, 2.75) is 31.2 Å². The average molecular weight is 449 g/mol. The molecule has 0 saturated carbocycles. The minimum Gasteiger partial charge on any atom is -0.465 e. The molecule has 1 aliphatic heterocycles. The van der Waals surface area contributed by atoms with Crippen molar-refractivity contribution in [3.05, 3.63) is 60.4 Å². The Kier molecular flexibility index (Phi) is 5.59. The molecule has 9 nitrogen and oxygen atoms in total. The van der Waals surface area contributed by atoms with Crippen molar-refractivity contribution in [3.8, 4) is 11.3 Å². The molecule has 0 spiro atoms. The maximum atomic E-state index is 12.9. The molecule has 168 valence electrons. The maximum absolute atomic E-state index is 12.9. The predicted molar refractivity (Wildman–Crippen MR) is 104 cm³/mol. The third-order valence-electron chi connectivity index (χ3n) is 5.13. The van der Waals surface area contributed by atoms with Gasteiger partial charge in [-0.25, -0.2) is 9.78 Å². The second-order valence-electron chi connectivity index (χ2n) is 7.33. The van der Waals surface area contributed by atoms with Crippen LogP contribution in [0.5, 0.6) is 0 Å². The smallest absolute Gasteiger partial charge is 0.416 e. The van der Waals surface area contributed by atoms with Gasteiger partial charge in [0.2, 0.25) is 0 Å². The quantitative estimate of drug-likeness (QED) is 0.619. The number of aromatic nitrogens is 3. The summed E-state index contributed by atoms with van der Waals surface area (Å²) in [6.45, 7) is 0.415. The fourth-order valence-corrected chi connectivity index (χ4v) is 3.66. The van der Waals surface area contributed by atoms with Crippen LogP contribution in [0.25, 0.3) is 11.3 Å². The summed E-state index contributed by atoms with van der Waals surface area (Å²) in [6.07, 6.45) is -0.788. The molecule has 3 aromatic rings. The Hall–Kier alpha value is -3.83. The molecule has 0 radical (unpaired) electrons. The number of carboxylic acid groups (broad SMARTS) is 1. The molecule has 2 atom stereocenters. The largest absolute Gasteiger partial charge is 0.465 e. The molecule has 1 fully saturated rings. The van der Waals surface area contributed by atoms with E-state index in [2.05, 4.69) is 15.4 Å². The van der Waals surface area contributed by atoms with Gasteiger partial charge >= 0.3 is 18.2 Å². The number of carbonyl (C=O) groups is 2. The Morgan fingerprint density at radius 2 is 2.09 bits per heavy atom. The lowest BCUT2D eigenvalue weighted by Crippen LogP contribution is -2.39. The number of rotatable bonds is 5. The van der Waals surface area contributed by atoms with Crippen LogP contribution in [-0.4, -0.2) is 55.4 Å². The number of hydrogen-bond acceptors (Lipinski definition) is 5. The Labute approximate surface area is 179 Å². The number of hydrogen-bond donors (Lipinski definition) is 2. The Balaban J connectivity index is 1.44. The van der Waals surface area contributed by atoms with Crippen LogP contribution in [0.2, 0.25) is 0 Å². The summed E-state index contributed by atoms with van der Waals surface area (Å²) in [5.74, 6) is -0.996. The van der Waals surface area contributed by atoms with E-state index in [-0.39, 0.29) is 29.8 Å². The van der Waals surface area contributed by atoms with Gasteiger partial charge in [-0.3, -0.25) is 9.48 Å². The first kappa shape index (κ1) is 21.4. The maximum Gasteiger partial charge on any atom is 0.416 e. The lowest BCUT2D eigenvalue weighted by Gasteiger charge is -2.20. The standard InChI is InChI=1S/C20H18F3N5O4/c21-20(22,23)13-4-1-3-12(7-13)16-9-24-18(32-16)17(29)26-14-8-15(28(10-14)19(30)31)11-27-6-2-5-25-27/h1-7,9,14-15H,8,10-11H2,(H,26,29)(H,30,31)/t14-,15+/m1/s1. The molecular weight excluding hydrogens is 431 g/mol. The Morgan fingerprint density at radius 1 is 1.28 bits per heavy atom. The summed E-state index contributed by atoms with van der Waals surface area (Å²) in [6, 6.07) is 5.35. The fourth-order valence-electron chi connectivity index (χ4n) is 3.66. The van der Waals surface area contributed by atoms with E-state index in [9.17, 15) is 27.9 Å². The summed E-state index contributed by atoms with van der Waals surface area (Å²) in [7, 11) is 0. The van der Waals surface area contributed by atoms with Gasteiger partial charge in [0.15, 0.2) is 5.76 Å². The molecule has 1 aromatic carbocycles. The molecule has 1 saturated heterocycles. The number of nitrogens with zero attached hydrogens (tertiary/aromatic N) is 4. The summed E-state index contributed by atoms with van der Waals surface area (Å²) < 4.78 is 45.7. The van der Waals surface area contributed by atoms with Crippen LogP contribution in [-0.2, 0) is 12.7 Å². The van der Waals surface area contributed by atoms with Gasteiger partial charge in [0.05, 0.1) is 24.3 Å². The number of likely N-dealkylation sites (tertiary alicyclic amines) is 1. The minimum absolute atomic E-state index is 0.0105. The van der Waals surface area contributed by atoms with Crippen LogP contribution in [0.1, 0.15) is 22.7 Å². The number of oxazole rings is 1. The van der Waals surface area contributed by atoms with Crippen LogP contribution >= 0.6 is 0 Å². The summed E-state index contributed by atoms with van der Waals surface area (Å²) in [5.41, 5.74) is -0.719. The van der Waals surface area contributed by atoms with Gasteiger partial charge in [-0.05, 0) is 24.6 Å². The molecule has 0 aliphatic carbocycles. The highest BCUT2D eigenvalue weighted by Crippen LogP contribution is 2.32. The molecular formula is C20H18F3N5O4. The van der Waals surface area contributed by atoms with Crippen molar-refractivity contribution in [1.29, 1.82) is 0 Å². The Morgan fingerprint density at radius 3 is 2.78 bits per heavy atom. The summed E-state index contributed by atoms with van der Waals surface area (Å²) >= 11 is 0. The zero-order valence-corrected chi connectivity index (χ0v) is 16.5. The average Bonchev–Trinajstić information content (AvgIpc) is 3.49. The molecule has 32 heavy (non-hydrogen) atoms. The van der Waals surface area contributed by atoms with Gasteiger partial charge in [-0.1, -0.05) is 12.1 Å². The summed E-state index contributed by atoms with van der Waals surface area (Å²) in [4.78, 5) is 29.2. The van der Waals surface area contributed by atoms with Crippen LogP contribution < -0.4 is 5.32 Å². The van der Waals surface area contributed by atoms with Gasteiger partial charge in [0.25, 0.3) is 5.89 Å². The van der Waals surface area contributed by atoms with Crippen molar-refractivity contribution in [3.63, 3.8) is 0 Å². The lowest BCUT2D eigenvalue weighted by molar-refractivity contribution is -0.137. The zero-order chi connectivity index (χ0) is 22.9. The van der Waals surface area contributed by atoms with Gasteiger partial charge in [0, 0.05) is 30.5 Å². The van der Waals surface area contributed by atoms with E-state index in [1.807, 2.05) is 0 Å². The van der Waals surface area contributed by atoms with E-state index < -0.39 is 29.8 Å². The second-order valence-corrected chi connectivity index (χ2v) is 7.33. The molecule has 2 N–H and O–H groups in total. The highest BCUT2D eigenvalue weighted by molar-refractivity contribution is 5.90. The van der Waals surface area contributed by atoms with E-state index in [0.717, 1.165) is 12.1 Å². The normalized spacial score (nSPS) is 18.7. The number of amides is 2. The first-order valence-electron chi connectivity index (χ1n) is 9.62.